The van der Waals surface area contributed by atoms with Crippen molar-refractivity contribution in [2.75, 3.05) is 20.2 Å². The fraction of sp³-hybridized carbons (Fsp3) is 1.00. The molecule has 3 heteroatoms. The van der Waals surface area contributed by atoms with Crippen molar-refractivity contribution in [2.45, 2.75) is 44.9 Å². The highest BCUT2D eigenvalue weighted by atomic mass is 16.5. The average molecular weight is 186 g/mol. The van der Waals surface area contributed by atoms with E-state index in [1.165, 1.54) is 0 Å². The second-order valence-electron chi connectivity index (χ2n) is 4.47. The van der Waals surface area contributed by atoms with Crippen LogP contribution in [0.4, 0.5) is 0 Å². The van der Waals surface area contributed by atoms with Gasteiger partial charge in [-0.3, -0.25) is 4.90 Å². The van der Waals surface area contributed by atoms with Crippen molar-refractivity contribution in [3.8, 4) is 0 Å². The molecule has 78 valence electrons. The highest BCUT2D eigenvalue weighted by molar-refractivity contribution is 4.91. The summed E-state index contributed by atoms with van der Waals surface area (Å²) in [5.74, 6) is 0. The maximum absolute atomic E-state index is 5.86. The minimum atomic E-state index is 0.0448. The predicted octanol–water partition coefficient (Wildman–Crippen LogP) is 0.833. The second kappa shape index (κ2) is 3.95. The Morgan fingerprint density at radius 1 is 1.46 bits per heavy atom. The second-order valence-corrected chi connectivity index (χ2v) is 4.47. The molecule has 0 amide bonds. The minimum Gasteiger partial charge on any atom is -0.377 e. The van der Waals surface area contributed by atoms with Crippen LogP contribution in [0.3, 0.4) is 0 Å². The number of methoxy groups -OCH3 is 1. The molecule has 3 atom stereocenters. The minimum absolute atomic E-state index is 0.0448. The van der Waals surface area contributed by atoms with E-state index in [0.29, 0.717) is 6.04 Å². The Kier molecular flexibility index (Phi) is 3.33. The molecule has 3 nitrogen and oxygen atoms in total. The average Bonchev–Trinajstić information content (AvgIpc) is 2.47. The number of likely N-dealkylation sites (tertiary alicyclic amines) is 1. The van der Waals surface area contributed by atoms with Gasteiger partial charge in [0.15, 0.2) is 0 Å². The molecule has 0 aromatic rings. The van der Waals surface area contributed by atoms with Gasteiger partial charge in [-0.15, -0.1) is 0 Å². The zero-order valence-electron chi connectivity index (χ0n) is 9.21. The molecule has 1 saturated heterocycles. The van der Waals surface area contributed by atoms with Gasteiger partial charge < -0.3 is 10.5 Å². The van der Waals surface area contributed by atoms with Crippen molar-refractivity contribution >= 4 is 0 Å². The van der Waals surface area contributed by atoms with Crippen molar-refractivity contribution in [1.82, 2.24) is 4.90 Å². The normalized spacial score (nSPS) is 34.8. The van der Waals surface area contributed by atoms with Crippen LogP contribution in [0.1, 0.15) is 27.2 Å². The molecule has 2 N–H and O–H groups in total. The number of hydrogen-bond donors (Lipinski definition) is 1. The molecule has 0 aromatic heterocycles. The van der Waals surface area contributed by atoms with Gasteiger partial charge in [-0.25, -0.2) is 0 Å². The van der Waals surface area contributed by atoms with E-state index in [4.69, 9.17) is 10.5 Å². The van der Waals surface area contributed by atoms with E-state index in [1.807, 2.05) is 0 Å². The lowest BCUT2D eigenvalue weighted by molar-refractivity contribution is 0.0110. The van der Waals surface area contributed by atoms with E-state index in [9.17, 15) is 0 Å². The van der Waals surface area contributed by atoms with Gasteiger partial charge in [0.05, 0.1) is 5.60 Å². The molecular weight excluding hydrogens is 164 g/mol. The van der Waals surface area contributed by atoms with Crippen LogP contribution in [0.2, 0.25) is 0 Å². The van der Waals surface area contributed by atoms with Crippen LogP contribution >= 0.6 is 0 Å². The van der Waals surface area contributed by atoms with Crippen LogP contribution < -0.4 is 5.73 Å². The maximum Gasteiger partial charge on any atom is 0.0789 e. The third-order valence-corrected chi connectivity index (χ3v) is 3.30. The molecular formula is C10H22N2O. The van der Waals surface area contributed by atoms with Crippen LogP contribution in [0.15, 0.2) is 0 Å². The molecule has 3 unspecified atom stereocenters. The molecule has 0 aromatic carbocycles. The number of hydrogen-bond acceptors (Lipinski definition) is 3. The molecule has 0 aliphatic carbocycles. The smallest absolute Gasteiger partial charge is 0.0789 e. The van der Waals surface area contributed by atoms with Crippen molar-refractivity contribution in [2.24, 2.45) is 5.73 Å². The summed E-state index contributed by atoms with van der Waals surface area (Å²) in [6, 6.07) is 0.691. The summed E-state index contributed by atoms with van der Waals surface area (Å²) >= 11 is 0. The van der Waals surface area contributed by atoms with E-state index in [-0.39, 0.29) is 11.6 Å². The molecule has 13 heavy (non-hydrogen) atoms. The maximum atomic E-state index is 5.86. The van der Waals surface area contributed by atoms with Crippen LogP contribution in [0.25, 0.3) is 0 Å². The van der Waals surface area contributed by atoms with Gasteiger partial charge >= 0.3 is 0 Å². The van der Waals surface area contributed by atoms with Crippen molar-refractivity contribution in [1.29, 1.82) is 0 Å². The van der Waals surface area contributed by atoms with E-state index in [2.05, 4.69) is 25.7 Å². The summed E-state index contributed by atoms with van der Waals surface area (Å²) in [4.78, 5) is 2.41. The topological polar surface area (TPSA) is 38.5 Å². The number of nitrogens with zero attached hydrogens (tertiary/aromatic N) is 1. The zero-order valence-corrected chi connectivity index (χ0v) is 9.21. The summed E-state index contributed by atoms with van der Waals surface area (Å²) < 4.78 is 5.48. The van der Waals surface area contributed by atoms with Crippen molar-refractivity contribution in [3.63, 3.8) is 0 Å². The van der Waals surface area contributed by atoms with Gasteiger partial charge in [0.1, 0.15) is 0 Å². The van der Waals surface area contributed by atoms with Crippen LogP contribution in [0, 0.1) is 0 Å². The molecule has 1 fully saturated rings. The molecule has 1 aliphatic rings. The lowest BCUT2D eigenvalue weighted by Gasteiger charge is -2.29. The molecule has 0 radical (unpaired) electrons. The first-order chi connectivity index (χ1) is 5.98. The molecule has 0 saturated carbocycles. The zero-order chi connectivity index (χ0) is 10.1. The summed E-state index contributed by atoms with van der Waals surface area (Å²) in [6.45, 7) is 8.53. The summed E-state index contributed by atoms with van der Waals surface area (Å²) in [5, 5.41) is 0. The van der Waals surface area contributed by atoms with Gasteiger partial charge in [-0.05, 0) is 27.2 Å². The summed E-state index contributed by atoms with van der Waals surface area (Å²) in [6.07, 6.45) is 1.11. The van der Waals surface area contributed by atoms with E-state index >= 15 is 0 Å². The van der Waals surface area contributed by atoms with Gasteiger partial charge in [0.2, 0.25) is 0 Å². The highest BCUT2D eigenvalue weighted by Gasteiger charge is 2.36. The molecule has 0 bridgehead atoms. The summed E-state index contributed by atoms with van der Waals surface area (Å²) in [7, 11) is 1.79. The number of rotatable bonds is 3. The van der Waals surface area contributed by atoms with E-state index in [1.54, 1.807) is 7.11 Å². The standard InChI is InChI=1S/C10H22N2O/c1-8(11)9(2)12-6-5-10(3,7-12)13-4/h8-9H,5-7,11H2,1-4H3. The Hall–Kier alpha value is -0.120. The van der Waals surface area contributed by atoms with Gasteiger partial charge in [-0.2, -0.15) is 0 Å². The Morgan fingerprint density at radius 2 is 2.08 bits per heavy atom. The Labute approximate surface area is 81.2 Å². The fourth-order valence-corrected chi connectivity index (χ4v) is 1.81. The first kappa shape index (κ1) is 11.0. The highest BCUT2D eigenvalue weighted by Crippen LogP contribution is 2.25. The SMILES string of the molecule is COC1(C)CCN(C(C)C(C)N)C1. The monoisotopic (exact) mass is 186 g/mol. The molecule has 0 spiro atoms. The van der Waals surface area contributed by atoms with Gasteiger partial charge in [0, 0.05) is 32.3 Å². The molecule has 1 rings (SSSR count). The van der Waals surface area contributed by atoms with E-state index < -0.39 is 0 Å². The summed E-state index contributed by atoms with van der Waals surface area (Å²) in [5.41, 5.74) is 5.91. The van der Waals surface area contributed by atoms with Gasteiger partial charge in [-0.1, -0.05) is 0 Å². The van der Waals surface area contributed by atoms with Crippen molar-refractivity contribution in [3.05, 3.63) is 0 Å². The Balaban J connectivity index is 2.49. The quantitative estimate of drug-likeness (QED) is 0.709. The molecule has 1 aliphatic heterocycles. The third-order valence-electron chi connectivity index (χ3n) is 3.30. The Bertz CT molecular complexity index is 172. The van der Waals surface area contributed by atoms with Crippen LogP contribution in [0.5, 0.6) is 0 Å². The predicted molar refractivity (Wildman–Crippen MR) is 54.7 cm³/mol. The fourth-order valence-electron chi connectivity index (χ4n) is 1.81. The van der Waals surface area contributed by atoms with Gasteiger partial charge in [0.25, 0.3) is 0 Å². The first-order valence-electron chi connectivity index (χ1n) is 5.03. The largest absolute Gasteiger partial charge is 0.377 e. The third kappa shape index (κ3) is 2.42. The number of ether oxygens (including phenoxy) is 1. The van der Waals surface area contributed by atoms with Crippen molar-refractivity contribution < 1.29 is 4.74 Å². The van der Waals surface area contributed by atoms with E-state index in [0.717, 1.165) is 19.5 Å². The van der Waals surface area contributed by atoms with Crippen LogP contribution in [-0.2, 0) is 4.74 Å². The van der Waals surface area contributed by atoms with Crippen LogP contribution in [-0.4, -0.2) is 42.8 Å². The molecule has 1 heterocycles. The lowest BCUT2D eigenvalue weighted by atomic mass is 10.1. The lowest BCUT2D eigenvalue weighted by Crippen LogP contribution is -2.45. The first-order valence-corrected chi connectivity index (χ1v) is 5.03. The number of nitrogens with two attached hydrogens (primary N) is 1. The Morgan fingerprint density at radius 3 is 2.46 bits per heavy atom.